The molecule has 2 rings (SSSR count). The monoisotopic (exact) mass is 348 g/mol. The molecule has 0 aliphatic heterocycles. The van der Waals surface area contributed by atoms with Gasteiger partial charge in [-0.25, -0.2) is 26.3 Å². The first-order valence-corrected chi connectivity index (χ1v) is 8.14. The molecule has 0 saturated carbocycles. The Morgan fingerprint density at radius 1 is 1.17 bits per heavy atom. The number of sulfonamides is 1. The van der Waals surface area contributed by atoms with Gasteiger partial charge in [-0.1, -0.05) is 13.8 Å². The predicted molar refractivity (Wildman–Crippen MR) is 75.4 cm³/mol. The topological polar surface area (TPSA) is 76.9 Å². The van der Waals surface area contributed by atoms with Crippen molar-refractivity contribution >= 4 is 10.0 Å². The minimum absolute atomic E-state index is 0.0955. The van der Waals surface area contributed by atoms with Crippen LogP contribution in [0.1, 0.15) is 31.4 Å². The lowest BCUT2D eigenvalue weighted by atomic mass is 10.2. The van der Waals surface area contributed by atoms with E-state index in [1.54, 1.807) is 11.6 Å². The normalized spacial score (nSPS) is 12.1. The second-order valence-electron chi connectivity index (χ2n) is 5.21. The molecule has 1 heterocycles. The molecular formula is C13H15F3N4O2S. The van der Waals surface area contributed by atoms with Gasteiger partial charge in [0.2, 0.25) is 10.0 Å². The molecule has 1 N–H and O–H groups in total. The fourth-order valence-corrected chi connectivity index (χ4v) is 2.97. The third-order valence-electron chi connectivity index (χ3n) is 3.20. The first kappa shape index (κ1) is 17.4. The number of halogens is 3. The van der Waals surface area contributed by atoms with Crippen molar-refractivity contribution in [2.45, 2.75) is 31.2 Å². The van der Waals surface area contributed by atoms with E-state index in [9.17, 15) is 21.6 Å². The van der Waals surface area contributed by atoms with Crippen molar-refractivity contribution in [3.63, 3.8) is 0 Å². The van der Waals surface area contributed by atoms with Gasteiger partial charge < -0.3 is 4.57 Å². The van der Waals surface area contributed by atoms with Gasteiger partial charge in [-0.05, 0) is 12.1 Å². The highest BCUT2D eigenvalue weighted by atomic mass is 32.2. The van der Waals surface area contributed by atoms with E-state index in [-0.39, 0.29) is 12.5 Å². The number of hydrogen-bond acceptors (Lipinski definition) is 4. The molecule has 0 aliphatic rings. The summed E-state index contributed by atoms with van der Waals surface area (Å²) in [5.74, 6) is -3.78. The van der Waals surface area contributed by atoms with Gasteiger partial charge in [-0.2, -0.15) is 0 Å². The minimum atomic E-state index is -4.23. The highest BCUT2D eigenvalue weighted by Gasteiger charge is 2.21. The summed E-state index contributed by atoms with van der Waals surface area (Å²) in [6.45, 7) is 3.59. The Morgan fingerprint density at radius 3 is 2.22 bits per heavy atom. The molecule has 0 spiro atoms. The Labute approximate surface area is 131 Å². The maximum absolute atomic E-state index is 13.2. The highest BCUT2D eigenvalue weighted by molar-refractivity contribution is 7.89. The minimum Gasteiger partial charge on any atom is -0.317 e. The van der Waals surface area contributed by atoms with Crippen LogP contribution < -0.4 is 4.72 Å². The van der Waals surface area contributed by atoms with Gasteiger partial charge in [0.05, 0.1) is 11.4 Å². The summed E-state index contributed by atoms with van der Waals surface area (Å²) in [5.41, 5.74) is 0. The predicted octanol–water partition coefficient (Wildman–Crippen LogP) is 1.83. The van der Waals surface area contributed by atoms with Gasteiger partial charge in [0.1, 0.15) is 11.6 Å². The molecule has 0 saturated heterocycles. The number of rotatable bonds is 5. The van der Waals surface area contributed by atoms with Crippen molar-refractivity contribution in [1.82, 2.24) is 19.5 Å². The average molecular weight is 348 g/mol. The summed E-state index contributed by atoms with van der Waals surface area (Å²) in [4.78, 5) is -0.708. The molecule has 0 unspecified atom stereocenters. The summed E-state index contributed by atoms with van der Waals surface area (Å²) >= 11 is 0. The van der Waals surface area contributed by atoms with Crippen molar-refractivity contribution in [2.24, 2.45) is 7.05 Å². The Morgan fingerprint density at radius 2 is 1.74 bits per heavy atom. The number of aromatic nitrogens is 3. The smallest absolute Gasteiger partial charge is 0.241 e. The van der Waals surface area contributed by atoms with Crippen LogP contribution in [0.25, 0.3) is 0 Å². The Balaban J connectivity index is 2.23. The standard InChI is InChI=1S/C13H15F3N4O2S/c1-7(2)13-19-18-11(20(13)3)6-17-23(21,22)8-4-9(14)12(16)10(15)5-8/h4-5,7,17H,6H2,1-3H3. The lowest BCUT2D eigenvalue weighted by molar-refractivity contribution is 0.442. The second-order valence-corrected chi connectivity index (χ2v) is 6.98. The lowest BCUT2D eigenvalue weighted by Crippen LogP contribution is -2.25. The number of nitrogens with zero attached hydrogens (tertiary/aromatic N) is 3. The van der Waals surface area contributed by atoms with Crippen LogP contribution in [0.5, 0.6) is 0 Å². The zero-order valence-corrected chi connectivity index (χ0v) is 13.5. The number of benzene rings is 1. The van der Waals surface area contributed by atoms with E-state index in [1.165, 1.54) is 0 Å². The summed E-state index contributed by atoms with van der Waals surface area (Å²) in [6, 6.07) is 0.827. The van der Waals surface area contributed by atoms with E-state index in [0.29, 0.717) is 23.8 Å². The molecule has 0 amide bonds. The van der Waals surface area contributed by atoms with Gasteiger partial charge in [0.25, 0.3) is 0 Å². The molecule has 6 nitrogen and oxygen atoms in total. The maximum atomic E-state index is 13.2. The van der Waals surface area contributed by atoms with Crippen LogP contribution in [0.15, 0.2) is 17.0 Å². The molecule has 0 fully saturated rings. The zero-order valence-electron chi connectivity index (χ0n) is 12.6. The molecule has 2 aromatic rings. The van der Waals surface area contributed by atoms with Gasteiger partial charge in [-0.3, -0.25) is 0 Å². The molecule has 0 aliphatic carbocycles. The summed E-state index contributed by atoms with van der Waals surface area (Å²) in [7, 11) is -2.55. The van der Waals surface area contributed by atoms with E-state index >= 15 is 0 Å². The van der Waals surface area contributed by atoms with Crippen molar-refractivity contribution in [3.8, 4) is 0 Å². The van der Waals surface area contributed by atoms with Crippen LogP contribution in [-0.4, -0.2) is 23.2 Å². The SMILES string of the molecule is CC(C)c1nnc(CNS(=O)(=O)c2cc(F)c(F)c(F)c2)n1C. The summed E-state index contributed by atoms with van der Waals surface area (Å²) < 4.78 is 67.1. The summed E-state index contributed by atoms with van der Waals surface area (Å²) in [6.07, 6.45) is 0. The number of nitrogens with one attached hydrogen (secondary N) is 1. The molecule has 1 aromatic carbocycles. The fraction of sp³-hybridized carbons (Fsp3) is 0.385. The Hall–Kier alpha value is -1.94. The second kappa shape index (κ2) is 6.28. The van der Waals surface area contributed by atoms with E-state index in [1.807, 2.05) is 13.8 Å². The van der Waals surface area contributed by atoms with Crippen molar-refractivity contribution in [1.29, 1.82) is 0 Å². The van der Waals surface area contributed by atoms with Gasteiger partial charge in [0.15, 0.2) is 17.5 Å². The molecule has 23 heavy (non-hydrogen) atoms. The first-order valence-electron chi connectivity index (χ1n) is 6.66. The number of hydrogen-bond donors (Lipinski definition) is 1. The van der Waals surface area contributed by atoms with Gasteiger partial charge >= 0.3 is 0 Å². The van der Waals surface area contributed by atoms with Crippen LogP contribution in [-0.2, 0) is 23.6 Å². The fourth-order valence-electron chi connectivity index (χ4n) is 1.96. The molecule has 0 bridgehead atoms. The van der Waals surface area contributed by atoms with Crippen molar-refractivity contribution in [3.05, 3.63) is 41.2 Å². The largest absolute Gasteiger partial charge is 0.317 e. The molecule has 0 radical (unpaired) electrons. The highest BCUT2D eigenvalue weighted by Crippen LogP contribution is 2.18. The van der Waals surface area contributed by atoms with Crippen LogP contribution >= 0.6 is 0 Å². The average Bonchev–Trinajstić information content (AvgIpc) is 2.83. The van der Waals surface area contributed by atoms with E-state index in [2.05, 4.69) is 14.9 Å². The molecular weight excluding hydrogens is 333 g/mol. The van der Waals surface area contributed by atoms with Gasteiger partial charge in [-0.15, -0.1) is 10.2 Å². The molecule has 1 aromatic heterocycles. The Bertz CT molecular complexity index is 811. The van der Waals surface area contributed by atoms with E-state index in [4.69, 9.17) is 0 Å². The maximum Gasteiger partial charge on any atom is 0.241 e. The van der Waals surface area contributed by atoms with Crippen LogP contribution in [0, 0.1) is 17.5 Å². The Kier molecular flexibility index (Phi) is 4.76. The zero-order chi connectivity index (χ0) is 17.4. The third kappa shape index (κ3) is 3.53. The van der Waals surface area contributed by atoms with E-state index < -0.39 is 32.4 Å². The van der Waals surface area contributed by atoms with Crippen LogP contribution in [0.4, 0.5) is 13.2 Å². The molecule has 0 atom stereocenters. The summed E-state index contributed by atoms with van der Waals surface area (Å²) in [5, 5.41) is 7.80. The molecule has 10 heteroatoms. The quantitative estimate of drug-likeness (QED) is 0.837. The van der Waals surface area contributed by atoms with Crippen molar-refractivity contribution < 1.29 is 21.6 Å². The van der Waals surface area contributed by atoms with Crippen molar-refractivity contribution in [2.75, 3.05) is 0 Å². The lowest BCUT2D eigenvalue weighted by Gasteiger charge is -2.09. The van der Waals surface area contributed by atoms with E-state index in [0.717, 1.165) is 0 Å². The van der Waals surface area contributed by atoms with Gasteiger partial charge in [0, 0.05) is 13.0 Å². The first-order chi connectivity index (χ1) is 10.6. The van der Waals surface area contributed by atoms with Crippen LogP contribution in [0.2, 0.25) is 0 Å². The third-order valence-corrected chi connectivity index (χ3v) is 4.58. The molecule has 126 valence electrons. The van der Waals surface area contributed by atoms with Crippen LogP contribution in [0.3, 0.4) is 0 Å².